The first-order chi connectivity index (χ1) is 7.27. The van der Waals surface area contributed by atoms with Gasteiger partial charge in [-0.15, -0.1) is 25.3 Å². The monoisotopic (exact) mass is 302 g/mol. The van der Waals surface area contributed by atoms with E-state index in [1.54, 1.807) is 0 Å². The van der Waals surface area contributed by atoms with Crippen molar-refractivity contribution < 1.29 is 15.0 Å². The number of aliphatic hydroxyl groups is 1. The number of carboxylic acids is 1. The molecule has 4 N–H and O–H groups in total. The topological polar surface area (TPSA) is 81.6 Å². The van der Waals surface area contributed by atoms with E-state index >= 15 is 0 Å². The number of aliphatic hydroxyl groups excluding tert-OH is 1. The summed E-state index contributed by atoms with van der Waals surface area (Å²) in [5.74, 6) is -1.19. The lowest BCUT2D eigenvalue weighted by atomic mass is 10.4. The second kappa shape index (κ2) is 11.4. The molecule has 0 aliphatic carbocycles. The molecule has 0 rings (SSSR count). The molecular formula is C7H14N2O3S4. The Hall–Kier alpha value is -0.0900. The lowest BCUT2D eigenvalue weighted by Gasteiger charge is -2.03. The number of carboxylic acid groups (broad SMARTS) is 1. The van der Waals surface area contributed by atoms with Crippen LogP contribution in [0.15, 0.2) is 0 Å². The lowest BCUT2D eigenvalue weighted by Crippen LogP contribution is -2.29. The fraction of sp³-hybridized carbons (Fsp3) is 0.571. The van der Waals surface area contributed by atoms with Crippen LogP contribution in [0.2, 0.25) is 0 Å². The van der Waals surface area contributed by atoms with Gasteiger partial charge in [0.05, 0.1) is 0 Å². The summed E-state index contributed by atoms with van der Waals surface area (Å²) in [6.45, 7) is 2.62. The van der Waals surface area contributed by atoms with Crippen LogP contribution in [0.25, 0.3) is 0 Å². The molecule has 0 saturated carbocycles. The molecule has 1 unspecified atom stereocenters. The molecule has 0 aromatic rings. The standard InChI is InChI=1S/C4H8N2S4.C3H6O3/c7-3(8)5-1-2-6-4(9)10;1-2(4)3(5)6/h1-2H2,(H2,5,7,8)(H2,6,9,10);2,4H,1H3,(H,5,6). The van der Waals surface area contributed by atoms with E-state index in [1.165, 1.54) is 6.92 Å². The van der Waals surface area contributed by atoms with Crippen molar-refractivity contribution in [2.75, 3.05) is 13.1 Å². The first kappa shape index (κ1) is 18.3. The van der Waals surface area contributed by atoms with Gasteiger partial charge in [-0.3, -0.25) is 0 Å². The zero-order valence-corrected chi connectivity index (χ0v) is 11.9. The quantitative estimate of drug-likeness (QED) is 0.249. The van der Waals surface area contributed by atoms with Crippen LogP contribution in [0.1, 0.15) is 6.92 Å². The van der Waals surface area contributed by atoms with Crippen LogP contribution in [0.4, 0.5) is 0 Å². The van der Waals surface area contributed by atoms with E-state index < -0.39 is 12.1 Å². The fourth-order valence-electron chi connectivity index (χ4n) is 0.339. The molecule has 0 fully saturated rings. The number of thiocarbonyl (C=S) groups is 2. The van der Waals surface area contributed by atoms with E-state index in [0.29, 0.717) is 21.7 Å². The summed E-state index contributed by atoms with van der Waals surface area (Å²) in [5.41, 5.74) is 0. The fourth-order valence-corrected chi connectivity index (χ4v) is 0.767. The first-order valence-corrected chi connectivity index (χ1v) is 5.83. The molecular weight excluding hydrogens is 288 g/mol. The normalized spacial score (nSPS) is 10.5. The minimum absolute atomic E-state index is 0.492. The summed E-state index contributed by atoms with van der Waals surface area (Å²) in [6, 6.07) is 0. The summed E-state index contributed by atoms with van der Waals surface area (Å²) in [4.78, 5) is 9.45. The summed E-state index contributed by atoms with van der Waals surface area (Å²) in [6.07, 6.45) is -1.23. The Morgan fingerprint density at radius 1 is 1.25 bits per heavy atom. The maximum absolute atomic E-state index is 9.45. The molecule has 0 aliphatic rings. The van der Waals surface area contributed by atoms with Gasteiger partial charge in [-0.05, 0) is 6.92 Å². The molecule has 0 spiro atoms. The van der Waals surface area contributed by atoms with Crippen molar-refractivity contribution >= 4 is 64.3 Å². The summed E-state index contributed by atoms with van der Waals surface area (Å²) < 4.78 is 0.985. The first-order valence-electron chi connectivity index (χ1n) is 4.11. The number of hydrogen-bond acceptors (Lipinski definition) is 4. The maximum atomic E-state index is 9.45. The summed E-state index contributed by atoms with van der Waals surface area (Å²) >= 11 is 17.0. The van der Waals surface area contributed by atoms with Crippen molar-refractivity contribution in [2.45, 2.75) is 13.0 Å². The predicted molar refractivity (Wildman–Crippen MR) is 78.5 cm³/mol. The molecule has 94 valence electrons. The van der Waals surface area contributed by atoms with Gasteiger partial charge in [0.15, 0.2) is 0 Å². The van der Waals surface area contributed by atoms with Crippen molar-refractivity contribution in [1.29, 1.82) is 0 Å². The van der Waals surface area contributed by atoms with Crippen LogP contribution in [0, 0.1) is 0 Å². The molecule has 16 heavy (non-hydrogen) atoms. The van der Waals surface area contributed by atoms with Gasteiger partial charge in [0.2, 0.25) is 0 Å². The third-order valence-corrected chi connectivity index (χ3v) is 1.64. The van der Waals surface area contributed by atoms with Crippen LogP contribution in [-0.4, -0.2) is 44.0 Å². The highest BCUT2D eigenvalue weighted by Crippen LogP contribution is 1.77. The minimum Gasteiger partial charge on any atom is -0.479 e. The van der Waals surface area contributed by atoms with Gasteiger partial charge in [0.25, 0.3) is 0 Å². The molecule has 0 aliphatic heterocycles. The number of rotatable bonds is 4. The maximum Gasteiger partial charge on any atom is 0.332 e. The van der Waals surface area contributed by atoms with E-state index in [-0.39, 0.29) is 0 Å². The molecule has 0 aromatic carbocycles. The van der Waals surface area contributed by atoms with Crippen LogP contribution in [-0.2, 0) is 4.79 Å². The number of thiol groups is 2. The number of nitrogens with one attached hydrogen (secondary N) is 2. The molecule has 9 heteroatoms. The molecule has 0 bridgehead atoms. The van der Waals surface area contributed by atoms with E-state index in [2.05, 4.69) is 60.3 Å². The van der Waals surface area contributed by atoms with E-state index in [4.69, 9.17) is 10.2 Å². The Balaban J connectivity index is 0. The van der Waals surface area contributed by atoms with Gasteiger partial charge < -0.3 is 20.8 Å². The van der Waals surface area contributed by atoms with Crippen LogP contribution in [0.5, 0.6) is 0 Å². The minimum atomic E-state index is -1.23. The van der Waals surface area contributed by atoms with E-state index in [0.717, 1.165) is 0 Å². The highest BCUT2D eigenvalue weighted by atomic mass is 32.1. The third-order valence-electron chi connectivity index (χ3n) is 1.03. The van der Waals surface area contributed by atoms with Crippen molar-refractivity contribution in [1.82, 2.24) is 10.6 Å². The van der Waals surface area contributed by atoms with E-state index in [1.807, 2.05) is 0 Å². The molecule has 0 saturated heterocycles. The van der Waals surface area contributed by atoms with Gasteiger partial charge in [-0.25, -0.2) is 4.79 Å². The van der Waals surface area contributed by atoms with Crippen molar-refractivity contribution in [2.24, 2.45) is 0 Å². The summed E-state index contributed by atoms with van der Waals surface area (Å²) in [7, 11) is 0. The zero-order chi connectivity index (χ0) is 13.1. The average molecular weight is 302 g/mol. The van der Waals surface area contributed by atoms with Crippen molar-refractivity contribution in [3.8, 4) is 0 Å². The number of hydrogen-bond donors (Lipinski definition) is 6. The second-order valence-corrected chi connectivity index (χ2v) is 4.79. The zero-order valence-electron chi connectivity index (χ0n) is 8.51. The van der Waals surface area contributed by atoms with Gasteiger partial charge >= 0.3 is 5.97 Å². The predicted octanol–water partition coefficient (Wildman–Crippen LogP) is 0.0468. The third kappa shape index (κ3) is 19.5. The number of carbonyl (C=O) groups is 1. The Bertz CT molecular complexity index is 232. The lowest BCUT2D eigenvalue weighted by molar-refractivity contribution is -0.145. The Morgan fingerprint density at radius 3 is 1.62 bits per heavy atom. The Kier molecular flexibility index (Phi) is 13.0. The summed E-state index contributed by atoms with van der Waals surface area (Å²) in [5, 5.41) is 21.5. The SMILES string of the molecule is CC(O)C(=O)O.S=C(S)NCCNC(=S)S. The van der Waals surface area contributed by atoms with Crippen LogP contribution >= 0.6 is 49.7 Å². The van der Waals surface area contributed by atoms with Crippen molar-refractivity contribution in [3.05, 3.63) is 0 Å². The number of aliphatic carboxylic acids is 1. The van der Waals surface area contributed by atoms with E-state index in [9.17, 15) is 4.79 Å². The molecule has 0 amide bonds. The van der Waals surface area contributed by atoms with Crippen LogP contribution < -0.4 is 10.6 Å². The average Bonchev–Trinajstić information content (AvgIpc) is 2.12. The highest BCUT2D eigenvalue weighted by molar-refractivity contribution is 8.11. The molecule has 0 radical (unpaired) electrons. The van der Waals surface area contributed by atoms with Gasteiger partial charge in [0.1, 0.15) is 14.7 Å². The molecule has 5 nitrogen and oxygen atoms in total. The van der Waals surface area contributed by atoms with Crippen LogP contribution in [0.3, 0.4) is 0 Å². The largest absolute Gasteiger partial charge is 0.479 e. The molecule has 0 heterocycles. The second-order valence-electron chi connectivity index (χ2n) is 2.48. The molecule has 1 atom stereocenters. The smallest absolute Gasteiger partial charge is 0.332 e. The van der Waals surface area contributed by atoms with Gasteiger partial charge in [0, 0.05) is 13.1 Å². The molecule has 0 aromatic heterocycles. The Morgan fingerprint density at radius 2 is 1.50 bits per heavy atom. The van der Waals surface area contributed by atoms with Gasteiger partial charge in [-0.2, -0.15) is 0 Å². The van der Waals surface area contributed by atoms with Crippen molar-refractivity contribution in [3.63, 3.8) is 0 Å². The van der Waals surface area contributed by atoms with Gasteiger partial charge in [-0.1, -0.05) is 24.4 Å². The highest BCUT2D eigenvalue weighted by Gasteiger charge is 2.01. The Labute approximate surface area is 116 Å².